The molecule has 162 valence electrons. The van der Waals surface area contributed by atoms with Crippen LogP contribution in [0, 0.1) is 0 Å². The second kappa shape index (κ2) is 21.7. The lowest BCUT2D eigenvalue weighted by Crippen LogP contribution is -2.34. The van der Waals surface area contributed by atoms with Crippen LogP contribution in [0.3, 0.4) is 0 Å². The second-order valence-corrected chi connectivity index (χ2v) is 8.28. The molecule has 3 nitrogen and oxygen atoms in total. The van der Waals surface area contributed by atoms with E-state index in [9.17, 15) is 9.90 Å². The van der Waals surface area contributed by atoms with E-state index in [2.05, 4.69) is 19.2 Å². The summed E-state index contributed by atoms with van der Waals surface area (Å²) >= 11 is 0. The van der Waals surface area contributed by atoms with Gasteiger partial charge in [-0.25, -0.2) is 0 Å². The molecule has 0 aromatic rings. The van der Waals surface area contributed by atoms with Crippen molar-refractivity contribution in [3.63, 3.8) is 0 Å². The van der Waals surface area contributed by atoms with Crippen LogP contribution < -0.4 is 5.32 Å². The second-order valence-electron chi connectivity index (χ2n) is 8.28. The van der Waals surface area contributed by atoms with Crippen LogP contribution in [0.5, 0.6) is 0 Å². The van der Waals surface area contributed by atoms with Gasteiger partial charge >= 0.3 is 0 Å². The highest BCUT2D eigenvalue weighted by molar-refractivity contribution is 5.75. The van der Waals surface area contributed by atoms with Crippen LogP contribution in [0.25, 0.3) is 0 Å². The first kappa shape index (κ1) is 26.4. The molecule has 1 amide bonds. The molecule has 0 radical (unpaired) electrons. The predicted molar refractivity (Wildman–Crippen MR) is 118 cm³/mol. The zero-order valence-electron chi connectivity index (χ0n) is 18.6. The van der Waals surface area contributed by atoms with Crippen LogP contribution in [0.4, 0.5) is 0 Å². The molecule has 0 aliphatic carbocycles. The fourth-order valence-electron chi connectivity index (χ4n) is 3.57. The number of hydrogen-bond acceptors (Lipinski definition) is 2. The first-order valence-electron chi connectivity index (χ1n) is 12.2. The Kier molecular flexibility index (Phi) is 21.3. The molecular formula is C24H49NO2. The minimum atomic E-state index is -0.652. The van der Waals surface area contributed by atoms with Crippen molar-refractivity contribution in [2.75, 3.05) is 0 Å². The van der Waals surface area contributed by atoms with E-state index in [4.69, 9.17) is 0 Å². The van der Waals surface area contributed by atoms with Crippen LogP contribution in [-0.2, 0) is 4.79 Å². The summed E-state index contributed by atoms with van der Waals surface area (Å²) in [4.78, 5) is 11.8. The van der Waals surface area contributed by atoms with Gasteiger partial charge in [0.2, 0.25) is 5.91 Å². The van der Waals surface area contributed by atoms with Gasteiger partial charge in [-0.05, 0) is 19.3 Å². The van der Waals surface area contributed by atoms with Crippen LogP contribution in [0.15, 0.2) is 0 Å². The number of aliphatic hydroxyl groups is 1. The number of aliphatic hydroxyl groups excluding tert-OH is 1. The maximum Gasteiger partial charge on any atom is 0.221 e. The molecule has 3 heteroatoms. The third kappa shape index (κ3) is 21.6. The Morgan fingerprint density at radius 1 is 0.630 bits per heavy atom. The molecule has 2 N–H and O–H groups in total. The first-order chi connectivity index (χ1) is 13.2. The largest absolute Gasteiger partial charge is 0.374 e. The Bertz CT molecular complexity index is 307. The summed E-state index contributed by atoms with van der Waals surface area (Å²) in [6, 6.07) is 0. The molecule has 0 bridgehead atoms. The van der Waals surface area contributed by atoms with Crippen molar-refractivity contribution < 1.29 is 9.90 Å². The Labute approximate surface area is 170 Å². The Hall–Kier alpha value is -0.570. The van der Waals surface area contributed by atoms with E-state index in [1.165, 1.54) is 89.9 Å². The summed E-state index contributed by atoms with van der Waals surface area (Å²) in [5, 5.41) is 12.6. The van der Waals surface area contributed by atoms with Gasteiger partial charge in [-0.1, -0.05) is 117 Å². The van der Waals surface area contributed by atoms with E-state index in [0.717, 1.165) is 25.7 Å². The molecular weight excluding hydrogens is 334 g/mol. The van der Waals surface area contributed by atoms with Gasteiger partial charge < -0.3 is 10.4 Å². The molecule has 0 heterocycles. The topological polar surface area (TPSA) is 49.3 Å². The van der Waals surface area contributed by atoms with Crippen molar-refractivity contribution in [2.24, 2.45) is 0 Å². The Morgan fingerprint density at radius 3 is 1.44 bits per heavy atom. The van der Waals surface area contributed by atoms with E-state index in [0.29, 0.717) is 12.8 Å². The van der Waals surface area contributed by atoms with Crippen LogP contribution in [-0.4, -0.2) is 17.2 Å². The van der Waals surface area contributed by atoms with Gasteiger partial charge in [-0.15, -0.1) is 0 Å². The Morgan fingerprint density at radius 2 is 1.00 bits per heavy atom. The fourth-order valence-corrected chi connectivity index (χ4v) is 3.57. The highest BCUT2D eigenvalue weighted by Crippen LogP contribution is 2.13. The Balaban J connectivity index is 3.26. The molecule has 0 aliphatic rings. The zero-order valence-corrected chi connectivity index (χ0v) is 18.6. The van der Waals surface area contributed by atoms with Gasteiger partial charge in [0.25, 0.3) is 0 Å². The molecule has 0 saturated heterocycles. The number of carbonyl (C=O) groups excluding carboxylic acids is 1. The predicted octanol–water partition coefficient (Wildman–Crippen LogP) is 7.26. The average molecular weight is 384 g/mol. The number of nitrogens with one attached hydrogen (secondary N) is 1. The van der Waals surface area contributed by atoms with Crippen LogP contribution >= 0.6 is 0 Å². The molecule has 1 unspecified atom stereocenters. The van der Waals surface area contributed by atoms with E-state index in [1.807, 2.05) is 0 Å². The number of rotatable bonds is 21. The number of carbonyl (C=O) groups is 1. The van der Waals surface area contributed by atoms with Gasteiger partial charge in [0.1, 0.15) is 6.23 Å². The van der Waals surface area contributed by atoms with E-state index >= 15 is 0 Å². The smallest absolute Gasteiger partial charge is 0.221 e. The number of unbranched alkanes of at least 4 members (excludes halogenated alkanes) is 16. The maximum absolute atomic E-state index is 11.8. The molecule has 0 rings (SSSR count). The van der Waals surface area contributed by atoms with Crippen molar-refractivity contribution in [1.82, 2.24) is 5.32 Å². The minimum absolute atomic E-state index is 0.0131. The summed E-state index contributed by atoms with van der Waals surface area (Å²) in [6.45, 7) is 4.47. The zero-order chi connectivity index (χ0) is 20.0. The van der Waals surface area contributed by atoms with Gasteiger partial charge in [0, 0.05) is 6.42 Å². The molecule has 27 heavy (non-hydrogen) atoms. The van der Waals surface area contributed by atoms with Crippen molar-refractivity contribution in [2.45, 2.75) is 148 Å². The summed E-state index contributed by atoms with van der Waals surface area (Å²) in [7, 11) is 0. The van der Waals surface area contributed by atoms with Gasteiger partial charge in [-0.3, -0.25) is 4.79 Å². The van der Waals surface area contributed by atoms with Crippen molar-refractivity contribution in [3.05, 3.63) is 0 Å². The third-order valence-corrected chi connectivity index (χ3v) is 5.42. The van der Waals surface area contributed by atoms with E-state index in [1.54, 1.807) is 0 Å². The highest BCUT2D eigenvalue weighted by atomic mass is 16.3. The SMILES string of the molecule is CCCCCCCCCCCCCCCC(=O)NC(O)CCCCCCC. The van der Waals surface area contributed by atoms with E-state index in [-0.39, 0.29) is 5.91 Å². The highest BCUT2D eigenvalue weighted by Gasteiger charge is 2.08. The average Bonchev–Trinajstić information content (AvgIpc) is 2.65. The minimum Gasteiger partial charge on any atom is -0.374 e. The van der Waals surface area contributed by atoms with Gasteiger partial charge in [0.05, 0.1) is 0 Å². The molecule has 0 saturated carbocycles. The molecule has 0 spiro atoms. The summed E-state index contributed by atoms with van der Waals surface area (Å²) in [6.07, 6.45) is 23.6. The van der Waals surface area contributed by atoms with Crippen molar-refractivity contribution in [3.8, 4) is 0 Å². The first-order valence-corrected chi connectivity index (χ1v) is 12.2. The van der Waals surface area contributed by atoms with Crippen LogP contribution in [0.2, 0.25) is 0 Å². The quantitative estimate of drug-likeness (QED) is 0.162. The number of amides is 1. The lowest BCUT2D eigenvalue weighted by atomic mass is 10.0. The lowest BCUT2D eigenvalue weighted by molar-refractivity contribution is -0.124. The number of hydrogen-bond donors (Lipinski definition) is 2. The van der Waals surface area contributed by atoms with Gasteiger partial charge in [0.15, 0.2) is 0 Å². The molecule has 0 aromatic carbocycles. The summed E-state index contributed by atoms with van der Waals surface area (Å²) < 4.78 is 0. The summed E-state index contributed by atoms with van der Waals surface area (Å²) in [5.74, 6) is 0.0131. The normalized spacial score (nSPS) is 12.3. The van der Waals surface area contributed by atoms with Crippen molar-refractivity contribution in [1.29, 1.82) is 0 Å². The molecule has 0 fully saturated rings. The summed E-state index contributed by atoms with van der Waals surface area (Å²) in [5.41, 5.74) is 0. The monoisotopic (exact) mass is 383 g/mol. The van der Waals surface area contributed by atoms with Crippen molar-refractivity contribution >= 4 is 5.91 Å². The molecule has 0 aromatic heterocycles. The fraction of sp³-hybridized carbons (Fsp3) is 0.958. The third-order valence-electron chi connectivity index (χ3n) is 5.42. The lowest BCUT2D eigenvalue weighted by Gasteiger charge is -2.12. The maximum atomic E-state index is 11.8. The van der Waals surface area contributed by atoms with Gasteiger partial charge in [-0.2, -0.15) is 0 Å². The van der Waals surface area contributed by atoms with Crippen LogP contribution in [0.1, 0.15) is 142 Å². The van der Waals surface area contributed by atoms with E-state index < -0.39 is 6.23 Å². The standard InChI is InChI=1S/C24H49NO2/c1-3-5-7-9-10-11-12-13-14-15-16-18-20-22-24(27)25-23(26)21-19-17-8-6-4-2/h23,26H,3-22H2,1-2H3,(H,25,27). The molecule has 1 atom stereocenters. The molecule has 0 aliphatic heterocycles.